The third-order valence-corrected chi connectivity index (χ3v) is 8.53. The summed E-state index contributed by atoms with van der Waals surface area (Å²) in [6, 6.07) is 0.432. The van der Waals surface area contributed by atoms with E-state index in [0.29, 0.717) is 6.04 Å². The normalized spacial score (nSPS) is 11.9. The van der Waals surface area contributed by atoms with Crippen LogP contribution in [0.15, 0.2) is 17.1 Å². The predicted octanol–water partition coefficient (Wildman–Crippen LogP) is 13.5. The van der Waals surface area contributed by atoms with Crippen molar-refractivity contribution in [1.82, 2.24) is 0 Å². The SMILES string of the molecule is CCCCCCCC/C=C\CCCCCCCCC(CCCCCCCCCCCCCCCCC)N=C=S.[NaH]. The van der Waals surface area contributed by atoms with E-state index in [1.807, 2.05) is 0 Å². The first-order chi connectivity index (χ1) is 19.3. The Kier molecular flexibility index (Phi) is 42.2. The Morgan fingerprint density at radius 1 is 0.450 bits per heavy atom. The molecule has 0 N–H and O–H groups in total. The Balaban J connectivity index is 0. The number of thiocarbonyl (C=S) groups is 1. The average Bonchev–Trinajstić information content (AvgIpc) is 2.94. The summed E-state index contributed by atoms with van der Waals surface area (Å²) in [6.45, 7) is 4.59. The van der Waals surface area contributed by atoms with Gasteiger partial charge in [0.05, 0.1) is 11.2 Å². The van der Waals surface area contributed by atoms with Gasteiger partial charge < -0.3 is 0 Å². The van der Waals surface area contributed by atoms with Gasteiger partial charge in [0, 0.05) is 0 Å². The second kappa shape index (κ2) is 39.5. The molecule has 0 saturated heterocycles. The zero-order valence-electron chi connectivity index (χ0n) is 27.0. The summed E-state index contributed by atoms with van der Waals surface area (Å²) in [4.78, 5) is 4.49. The Bertz CT molecular complexity index is 528. The maximum atomic E-state index is 4.93. The summed E-state index contributed by atoms with van der Waals surface area (Å²) in [5.41, 5.74) is 0. The van der Waals surface area contributed by atoms with Crippen LogP contribution in [-0.2, 0) is 0 Å². The molecule has 0 aliphatic rings. The molecular formula is C37H72NNaS. The summed E-state index contributed by atoms with van der Waals surface area (Å²) in [7, 11) is 0. The monoisotopic (exact) mass is 586 g/mol. The molecular weight excluding hydrogens is 513 g/mol. The van der Waals surface area contributed by atoms with Gasteiger partial charge in [0.2, 0.25) is 0 Å². The number of hydrogen-bond donors (Lipinski definition) is 0. The van der Waals surface area contributed by atoms with Crippen LogP contribution in [0, 0.1) is 0 Å². The van der Waals surface area contributed by atoms with Crippen molar-refractivity contribution in [3.05, 3.63) is 12.2 Å². The number of allylic oxidation sites excluding steroid dienone is 2. The predicted molar refractivity (Wildman–Crippen MR) is 190 cm³/mol. The van der Waals surface area contributed by atoms with Crippen LogP contribution < -0.4 is 0 Å². The number of rotatable bonds is 33. The van der Waals surface area contributed by atoms with Crippen molar-refractivity contribution in [3.63, 3.8) is 0 Å². The first-order valence-electron chi connectivity index (χ1n) is 18.1. The van der Waals surface area contributed by atoms with Gasteiger partial charge in [-0.15, -0.1) is 0 Å². The summed E-state index contributed by atoms with van der Waals surface area (Å²) in [5, 5.41) is 2.68. The summed E-state index contributed by atoms with van der Waals surface area (Å²) < 4.78 is 0. The molecule has 3 heteroatoms. The fraction of sp³-hybridized carbons (Fsp3) is 0.919. The molecule has 0 heterocycles. The van der Waals surface area contributed by atoms with E-state index >= 15 is 0 Å². The van der Waals surface area contributed by atoms with Crippen LogP contribution in [0.1, 0.15) is 213 Å². The fourth-order valence-electron chi connectivity index (χ4n) is 5.73. The standard InChI is InChI=1S/C37H71NS.Na.H/c1-3-5-7-9-11-13-15-17-19-21-23-25-27-29-31-33-35-37(38-36-39)34-32-30-28-26-24-22-20-18-16-14-12-10-8-6-4-2;;/h17,19,37H,3-16,18,20-35H2,1-2H3;;/b19-17-;;. The average molecular weight is 586 g/mol. The van der Waals surface area contributed by atoms with Gasteiger partial charge in [0.15, 0.2) is 0 Å². The van der Waals surface area contributed by atoms with Crippen LogP contribution in [0.4, 0.5) is 0 Å². The molecule has 0 fully saturated rings. The van der Waals surface area contributed by atoms with E-state index in [1.54, 1.807) is 0 Å². The molecule has 1 nitrogen and oxygen atoms in total. The van der Waals surface area contributed by atoms with Crippen molar-refractivity contribution in [2.24, 2.45) is 4.99 Å². The molecule has 0 aliphatic heterocycles. The van der Waals surface area contributed by atoms with Gasteiger partial charge in [0.25, 0.3) is 0 Å². The number of aliphatic imine (C=N–C) groups is 1. The van der Waals surface area contributed by atoms with Crippen molar-refractivity contribution in [3.8, 4) is 0 Å². The fourth-order valence-corrected chi connectivity index (χ4v) is 5.88. The van der Waals surface area contributed by atoms with Crippen molar-refractivity contribution < 1.29 is 0 Å². The van der Waals surface area contributed by atoms with Gasteiger partial charge in [0.1, 0.15) is 0 Å². The number of unbranched alkanes of at least 4 members (excludes halogenated alkanes) is 26. The molecule has 0 aromatic rings. The third kappa shape index (κ3) is 36.6. The molecule has 0 aliphatic carbocycles. The molecule has 0 spiro atoms. The van der Waals surface area contributed by atoms with Crippen molar-refractivity contribution in [2.75, 3.05) is 0 Å². The van der Waals surface area contributed by atoms with Crippen LogP contribution >= 0.6 is 12.2 Å². The Hall–Kier alpha value is 0.540. The molecule has 1 atom stereocenters. The van der Waals surface area contributed by atoms with Crippen molar-refractivity contribution in [1.29, 1.82) is 0 Å². The number of nitrogens with zero attached hydrogens (tertiary/aromatic N) is 1. The molecule has 0 aromatic heterocycles. The van der Waals surface area contributed by atoms with E-state index in [4.69, 9.17) is 12.2 Å². The Morgan fingerprint density at radius 3 is 1.02 bits per heavy atom. The Morgan fingerprint density at radius 2 is 0.725 bits per heavy atom. The van der Waals surface area contributed by atoms with Gasteiger partial charge >= 0.3 is 29.6 Å². The van der Waals surface area contributed by atoms with E-state index in [-0.39, 0.29) is 29.6 Å². The molecule has 40 heavy (non-hydrogen) atoms. The van der Waals surface area contributed by atoms with Crippen LogP contribution in [-0.4, -0.2) is 40.8 Å². The van der Waals surface area contributed by atoms with E-state index in [9.17, 15) is 0 Å². The first kappa shape index (κ1) is 42.7. The minimum absolute atomic E-state index is 0. The van der Waals surface area contributed by atoms with Crippen LogP contribution in [0.5, 0.6) is 0 Å². The van der Waals surface area contributed by atoms with E-state index in [0.717, 1.165) is 0 Å². The molecule has 0 bridgehead atoms. The first-order valence-corrected chi connectivity index (χ1v) is 18.5. The molecule has 0 amide bonds. The van der Waals surface area contributed by atoms with Gasteiger partial charge in [-0.05, 0) is 50.7 Å². The van der Waals surface area contributed by atoms with E-state index < -0.39 is 0 Å². The molecule has 0 radical (unpaired) electrons. The summed E-state index contributed by atoms with van der Waals surface area (Å²) in [5.74, 6) is 0. The van der Waals surface area contributed by atoms with Crippen LogP contribution in [0.3, 0.4) is 0 Å². The molecule has 232 valence electrons. The molecule has 0 saturated carbocycles. The van der Waals surface area contributed by atoms with Gasteiger partial charge in [-0.2, -0.15) is 0 Å². The zero-order valence-corrected chi connectivity index (χ0v) is 27.8. The van der Waals surface area contributed by atoms with E-state index in [2.05, 4.69) is 36.2 Å². The third-order valence-electron chi connectivity index (χ3n) is 8.43. The number of isothiocyanates is 1. The number of hydrogen-bond acceptors (Lipinski definition) is 2. The van der Waals surface area contributed by atoms with Crippen molar-refractivity contribution in [2.45, 2.75) is 219 Å². The molecule has 0 aromatic carbocycles. The molecule has 0 rings (SSSR count). The quantitative estimate of drug-likeness (QED) is 0.0245. The van der Waals surface area contributed by atoms with Crippen LogP contribution in [0.2, 0.25) is 0 Å². The van der Waals surface area contributed by atoms with E-state index in [1.165, 1.54) is 199 Å². The van der Waals surface area contributed by atoms with Gasteiger partial charge in [-0.3, -0.25) is 0 Å². The maximum absolute atomic E-state index is 4.93. The summed E-state index contributed by atoms with van der Waals surface area (Å²) >= 11 is 4.93. The summed E-state index contributed by atoms with van der Waals surface area (Å²) in [6.07, 6.45) is 47.9. The minimum atomic E-state index is 0. The van der Waals surface area contributed by atoms with Crippen molar-refractivity contribution >= 4 is 46.9 Å². The second-order valence-corrected chi connectivity index (χ2v) is 12.5. The van der Waals surface area contributed by atoms with Gasteiger partial charge in [-0.1, -0.05) is 187 Å². The second-order valence-electron chi connectivity index (χ2n) is 12.3. The van der Waals surface area contributed by atoms with Crippen LogP contribution in [0.25, 0.3) is 0 Å². The Labute approximate surface area is 281 Å². The molecule has 1 unspecified atom stereocenters. The zero-order chi connectivity index (χ0) is 28.3. The van der Waals surface area contributed by atoms with Gasteiger partial charge in [-0.25, -0.2) is 4.99 Å². The topological polar surface area (TPSA) is 12.4 Å².